The topological polar surface area (TPSA) is 66.8 Å². The molecule has 0 aromatic heterocycles. The summed E-state index contributed by atoms with van der Waals surface area (Å²) in [5.74, 6) is -0.365. The van der Waals surface area contributed by atoms with Gasteiger partial charge in [0.2, 0.25) is 10.0 Å². The lowest BCUT2D eigenvalue weighted by atomic mass is 10.6. The van der Waals surface area contributed by atoms with Crippen molar-refractivity contribution in [3.63, 3.8) is 0 Å². The van der Waals surface area contributed by atoms with Gasteiger partial charge in [0.15, 0.2) is 0 Å². The molecule has 0 aromatic rings. The van der Waals surface area contributed by atoms with Crippen molar-refractivity contribution in [3.8, 4) is 0 Å². The number of sulfonamides is 1. The van der Waals surface area contributed by atoms with Gasteiger partial charge in [0.25, 0.3) is 6.43 Å². The summed E-state index contributed by atoms with van der Waals surface area (Å²) in [5.41, 5.74) is 0. The first kappa shape index (κ1) is 14.7. The van der Waals surface area contributed by atoms with Crippen LogP contribution in [0, 0.1) is 0 Å². The van der Waals surface area contributed by atoms with Crippen LogP contribution in [0.4, 0.5) is 8.78 Å². The average molecular weight is 247 g/mol. The quantitative estimate of drug-likeness (QED) is 0.629. The molecule has 0 aliphatic rings. The molecule has 5 nitrogen and oxygen atoms in total. The number of halogens is 2. The Hall–Kier alpha value is -0.310. The van der Waals surface area contributed by atoms with E-state index in [0.29, 0.717) is 4.31 Å². The fourth-order valence-corrected chi connectivity index (χ4v) is 2.26. The minimum absolute atomic E-state index is 0.0620. The molecule has 0 heterocycles. The zero-order valence-corrected chi connectivity index (χ0v) is 9.21. The number of ether oxygens (including phenoxy) is 1. The number of aliphatic hydroxyl groups is 1. The summed E-state index contributed by atoms with van der Waals surface area (Å²) in [4.78, 5) is 0. The lowest BCUT2D eigenvalue weighted by Crippen LogP contribution is -2.39. The minimum atomic E-state index is -3.77. The van der Waals surface area contributed by atoms with Gasteiger partial charge in [-0.15, -0.1) is 0 Å². The third-order valence-corrected chi connectivity index (χ3v) is 3.43. The molecule has 0 aliphatic carbocycles. The third kappa shape index (κ3) is 5.98. The number of rotatable bonds is 8. The maximum absolute atomic E-state index is 12.0. The van der Waals surface area contributed by atoms with E-state index in [0.717, 1.165) is 0 Å². The van der Waals surface area contributed by atoms with Crippen LogP contribution in [0.1, 0.15) is 0 Å². The number of nitrogens with zero attached hydrogens (tertiary/aromatic N) is 1. The molecule has 0 amide bonds. The van der Waals surface area contributed by atoms with Gasteiger partial charge in [-0.25, -0.2) is 17.2 Å². The fourth-order valence-electron chi connectivity index (χ4n) is 0.927. The predicted octanol–water partition coefficient (Wildman–Crippen LogP) is -0.478. The first-order valence-electron chi connectivity index (χ1n) is 4.29. The second kappa shape index (κ2) is 7.04. The van der Waals surface area contributed by atoms with Gasteiger partial charge < -0.3 is 9.84 Å². The van der Waals surface area contributed by atoms with Crippen molar-refractivity contribution in [1.29, 1.82) is 0 Å². The highest BCUT2D eigenvalue weighted by atomic mass is 32.2. The van der Waals surface area contributed by atoms with Crippen LogP contribution in [0.5, 0.6) is 0 Å². The van der Waals surface area contributed by atoms with Crippen LogP contribution in [-0.4, -0.2) is 63.4 Å². The van der Waals surface area contributed by atoms with Crippen molar-refractivity contribution in [3.05, 3.63) is 0 Å². The average Bonchev–Trinajstić information content (AvgIpc) is 2.13. The highest BCUT2D eigenvalue weighted by Crippen LogP contribution is 2.05. The van der Waals surface area contributed by atoms with E-state index in [9.17, 15) is 17.2 Å². The molecular formula is C7H15F2NO4S. The maximum Gasteiger partial charge on any atom is 0.252 e. The molecule has 92 valence electrons. The molecular weight excluding hydrogens is 232 g/mol. The zero-order valence-electron chi connectivity index (χ0n) is 8.40. The van der Waals surface area contributed by atoms with Crippen molar-refractivity contribution in [2.75, 3.05) is 39.2 Å². The van der Waals surface area contributed by atoms with Gasteiger partial charge in [-0.1, -0.05) is 0 Å². The molecule has 8 heteroatoms. The van der Waals surface area contributed by atoms with E-state index in [2.05, 4.69) is 4.74 Å². The fraction of sp³-hybridized carbons (Fsp3) is 1.00. The molecule has 0 radical (unpaired) electrons. The molecule has 0 saturated heterocycles. The number of hydrogen-bond acceptors (Lipinski definition) is 4. The molecule has 0 bridgehead atoms. The Morgan fingerprint density at radius 1 is 1.47 bits per heavy atom. The first-order valence-corrected chi connectivity index (χ1v) is 5.90. The number of hydrogen-bond donors (Lipinski definition) is 1. The maximum atomic E-state index is 12.0. The molecule has 1 N–H and O–H groups in total. The third-order valence-electron chi connectivity index (χ3n) is 1.63. The van der Waals surface area contributed by atoms with E-state index < -0.39 is 29.6 Å². The van der Waals surface area contributed by atoms with Crippen LogP contribution < -0.4 is 0 Å². The van der Waals surface area contributed by atoms with Crippen LogP contribution in [-0.2, 0) is 14.8 Å². The van der Waals surface area contributed by atoms with Crippen molar-refractivity contribution in [2.45, 2.75) is 6.43 Å². The normalized spacial score (nSPS) is 12.7. The Kier molecular flexibility index (Phi) is 6.90. The van der Waals surface area contributed by atoms with Crippen molar-refractivity contribution >= 4 is 10.0 Å². The Labute approximate surface area is 87.7 Å². The lowest BCUT2D eigenvalue weighted by Gasteiger charge is -2.20. The number of alkyl halides is 2. The highest BCUT2D eigenvalue weighted by Gasteiger charge is 2.24. The summed E-state index contributed by atoms with van der Waals surface area (Å²) in [6.45, 7) is -1.77. The highest BCUT2D eigenvalue weighted by molar-refractivity contribution is 7.89. The lowest BCUT2D eigenvalue weighted by molar-refractivity contribution is 0.112. The molecule has 0 atom stereocenters. The monoisotopic (exact) mass is 247 g/mol. The molecule has 0 aliphatic heterocycles. The number of aliphatic hydroxyl groups excluding tert-OH is 1. The minimum Gasteiger partial charge on any atom is -0.395 e. The summed E-state index contributed by atoms with van der Waals surface area (Å²) in [6.07, 6.45) is -2.76. The second-order valence-corrected chi connectivity index (χ2v) is 4.87. The van der Waals surface area contributed by atoms with Gasteiger partial charge >= 0.3 is 0 Å². The summed E-state index contributed by atoms with van der Waals surface area (Å²) in [6, 6.07) is 0. The summed E-state index contributed by atoms with van der Waals surface area (Å²) >= 11 is 0. The first-order chi connectivity index (χ1) is 6.94. The Balaban J connectivity index is 4.44. The number of methoxy groups -OCH3 is 1. The van der Waals surface area contributed by atoms with Crippen LogP contribution in [0.15, 0.2) is 0 Å². The van der Waals surface area contributed by atoms with E-state index in [-0.39, 0.29) is 18.9 Å². The predicted molar refractivity (Wildman–Crippen MR) is 50.3 cm³/mol. The molecule has 0 saturated carbocycles. The van der Waals surface area contributed by atoms with Crippen LogP contribution in [0.2, 0.25) is 0 Å². The van der Waals surface area contributed by atoms with E-state index >= 15 is 0 Å². The van der Waals surface area contributed by atoms with Gasteiger partial charge in [0.05, 0.1) is 25.5 Å². The summed E-state index contributed by atoms with van der Waals surface area (Å²) in [7, 11) is -2.45. The van der Waals surface area contributed by atoms with E-state index in [1.165, 1.54) is 7.11 Å². The molecule has 15 heavy (non-hydrogen) atoms. The molecule has 0 spiro atoms. The Bertz CT molecular complexity index is 258. The van der Waals surface area contributed by atoms with E-state index in [1.807, 2.05) is 0 Å². The Morgan fingerprint density at radius 3 is 2.47 bits per heavy atom. The molecule has 0 rings (SSSR count). The largest absolute Gasteiger partial charge is 0.395 e. The zero-order chi connectivity index (χ0) is 11.9. The van der Waals surface area contributed by atoms with Gasteiger partial charge in [-0.3, -0.25) is 0 Å². The standard InChI is InChI=1S/C7H15F2NO4S/c1-14-4-5-15(12,13)10(2-3-11)6-7(8)9/h7,11H,2-6H2,1H3. The molecule has 0 aromatic carbocycles. The van der Waals surface area contributed by atoms with Crippen molar-refractivity contribution in [2.24, 2.45) is 0 Å². The van der Waals surface area contributed by atoms with Crippen LogP contribution >= 0.6 is 0 Å². The van der Waals surface area contributed by atoms with Gasteiger partial charge in [0.1, 0.15) is 0 Å². The van der Waals surface area contributed by atoms with Gasteiger partial charge in [-0.05, 0) is 0 Å². The van der Waals surface area contributed by atoms with Crippen LogP contribution in [0.25, 0.3) is 0 Å². The van der Waals surface area contributed by atoms with Crippen molar-refractivity contribution < 1.29 is 27.0 Å². The van der Waals surface area contributed by atoms with E-state index in [1.54, 1.807) is 0 Å². The van der Waals surface area contributed by atoms with Crippen LogP contribution in [0.3, 0.4) is 0 Å². The van der Waals surface area contributed by atoms with E-state index in [4.69, 9.17) is 5.11 Å². The SMILES string of the molecule is COCCS(=O)(=O)N(CCO)CC(F)F. The Morgan fingerprint density at radius 2 is 2.07 bits per heavy atom. The molecule has 0 fully saturated rings. The second-order valence-electron chi connectivity index (χ2n) is 2.78. The van der Waals surface area contributed by atoms with Crippen molar-refractivity contribution in [1.82, 2.24) is 4.31 Å². The summed E-state index contributed by atoms with van der Waals surface area (Å²) in [5, 5.41) is 8.56. The molecule has 0 unspecified atom stereocenters. The summed E-state index contributed by atoms with van der Waals surface area (Å²) < 4.78 is 52.0. The van der Waals surface area contributed by atoms with Gasteiger partial charge in [0, 0.05) is 13.7 Å². The van der Waals surface area contributed by atoms with Gasteiger partial charge in [-0.2, -0.15) is 4.31 Å². The smallest absolute Gasteiger partial charge is 0.252 e.